The van der Waals surface area contributed by atoms with Crippen LogP contribution >= 0.6 is 11.6 Å². The molecule has 10 nitrogen and oxygen atoms in total. The SMILES string of the molecule is O=c1[nH]c2nc(Cl)[nH]c2c(=O)n1CCCCc1nc(-c2ccccn2)no1. The Labute approximate surface area is 156 Å². The van der Waals surface area contributed by atoms with E-state index in [1.54, 1.807) is 12.3 Å². The van der Waals surface area contributed by atoms with Crippen LogP contribution in [0, 0.1) is 0 Å². The van der Waals surface area contributed by atoms with Crippen molar-refractivity contribution in [2.24, 2.45) is 0 Å². The Morgan fingerprint density at radius 1 is 1.15 bits per heavy atom. The number of aryl methyl sites for hydroxylation is 1. The first-order valence-corrected chi connectivity index (χ1v) is 8.62. The van der Waals surface area contributed by atoms with Crippen LogP contribution in [0.2, 0.25) is 5.28 Å². The number of hydrogen-bond acceptors (Lipinski definition) is 7. The monoisotopic (exact) mass is 387 g/mol. The second-order valence-electron chi connectivity index (χ2n) is 5.82. The molecule has 4 aromatic heterocycles. The Kier molecular flexibility index (Phi) is 4.55. The average Bonchev–Trinajstić information content (AvgIpc) is 3.28. The summed E-state index contributed by atoms with van der Waals surface area (Å²) in [6.07, 6.45) is 3.43. The summed E-state index contributed by atoms with van der Waals surface area (Å²) in [6, 6.07) is 5.45. The van der Waals surface area contributed by atoms with Crippen molar-refractivity contribution in [3.05, 3.63) is 56.4 Å². The van der Waals surface area contributed by atoms with Crippen LogP contribution < -0.4 is 11.2 Å². The molecule has 2 N–H and O–H groups in total. The van der Waals surface area contributed by atoms with Gasteiger partial charge in [-0.1, -0.05) is 11.2 Å². The molecule has 0 fully saturated rings. The number of aromatic nitrogens is 7. The highest BCUT2D eigenvalue weighted by Crippen LogP contribution is 2.13. The van der Waals surface area contributed by atoms with E-state index in [-0.39, 0.29) is 23.0 Å². The number of halogens is 1. The molecule has 0 bridgehead atoms. The van der Waals surface area contributed by atoms with E-state index in [1.807, 2.05) is 12.1 Å². The van der Waals surface area contributed by atoms with Crippen molar-refractivity contribution in [1.29, 1.82) is 0 Å². The van der Waals surface area contributed by atoms with Crippen molar-refractivity contribution in [3.63, 3.8) is 0 Å². The topological polar surface area (TPSA) is 135 Å². The molecule has 0 spiro atoms. The highest BCUT2D eigenvalue weighted by atomic mass is 35.5. The molecular formula is C16H14ClN7O3. The highest BCUT2D eigenvalue weighted by Gasteiger charge is 2.12. The van der Waals surface area contributed by atoms with Gasteiger partial charge in [0.25, 0.3) is 5.56 Å². The molecule has 4 heterocycles. The van der Waals surface area contributed by atoms with Crippen LogP contribution in [0.3, 0.4) is 0 Å². The van der Waals surface area contributed by atoms with E-state index in [0.717, 1.165) is 4.57 Å². The third-order valence-corrected chi connectivity index (χ3v) is 4.17. The van der Waals surface area contributed by atoms with Gasteiger partial charge in [0.1, 0.15) is 5.69 Å². The fourth-order valence-electron chi connectivity index (χ4n) is 2.69. The molecule has 0 unspecified atom stereocenters. The van der Waals surface area contributed by atoms with E-state index in [1.165, 1.54) is 0 Å². The molecule has 0 aromatic carbocycles. The molecule has 0 aliphatic carbocycles. The molecule has 0 aliphatic heterocycles. The summed E-state index contributed by atoms with van der Waals surface area (Å²) in [5.41, 5.74) is -0.0120. The number of imidazole rings is 1. The molecule has 138 valence electrons. The second kappa shape index (κ2) is 7.16. The molecule has 27 heavy (non-hydrogen) atoms. The van der Waals surface area contributed by atoms with E-state index in [9.17, 15) is 9.59 Å². The molecule has 0 atom stereocenters. The Balaban J connectivity index is 1.40. The zero-order valence-corrected chi connectivity index (χ0v) is 14.7. The minimum absolute atomic E-state index is 0.0515. The lowest BCUT2D eigenvalue weighted by Crippen LogP contribution is -2.35. The van der Waals surface area contributed by atoms with Gasteiger partial charge in [-0.15, -0.1) is 0 Å². The van der Waals surface area contributed by atoms with Crippen molar-refractivity contribution in [2.75, 3.05) is 0 Å². The summed E-state index contributed by atoms with van der Waals surface area (Å²) >= 11 is 5.74. The minimum atomic E-state index is -0.522. The second-order valence-corrected chi connectivity index (χ2v) is 6.18. The quantitative estimate of drug-likeness (QED) is 0.378. The largest absolute Gasteiger partial charge is 0.339 e. The summed E-state index contributed by atoms with van der Waals surface area (Å²) in [7, 11) is 0. The van der Waals surface area contributed by atoms with Gasteiger partial charge in [0.05, 0.1) is 0 Å². The van der Waals surface area contributed by atoms with Crippen LogP contribution in [-0.2, 0) is 13.0 Å². The first-order chi connectivity index (χ1) is 13.1. The number of nitrogens with zero attached hydrogens (tertiary/aromatic N) is 5. The Hall–Kier alpha value is -3.27. The van der Waals surface area contributed by atoms with Crippen molar-refractivity contribution >= 4 is 22.8 Å². The third kappa shape index (κ3) is 3.51. The van der Waals surface area contributed by atoms with Crippen LogP contribution in [0.1, 0.15) is 18.7 Å². The van der Waals surface area contributed by atoms with Gasteiger partial charge in [-0.2, -0.15) is 9.97 Å². The predicted molar refractivity (Wildman–Crippen MR) is 96.5 cm³/mol. The van der Waals surface area contributed by atoms with Crippen LogP contribution in [0.5, 0.6) is 0 Å². The average molecular weight is 388 g/mol. The fourth-order valence-corrected chi connectivity index (χ4v) is 2.87. The minimum Gasteiger partial charge on any atom is -0.339 e. The Bertz CT molecular complexity index is 1190. The zero-order valence-electron chi connectivity index (χ0n) is 14.0. The van der Waals surface area contributed by atoms with Gasteiger partial charge in [-0.25, -0.2) is 4.79 Å². The molecule has 4 aromatic rings. The zero-order chi connectivity index (χ0) is 18.8. The van der Waals surface area contributed by atoms with Crippen LogP contribution in [0.4, 0.5) is 0 Å². The van der Waals surface area contributed by atoms with Gasteiger partial charge in [0.15, 0.2) is 11.2 Å². The predicted octanol–water partition coefficient (Wildman–Crippen LogP) is 1.53. The lowest BCUT2D eigenvalue weighted by molar-refractivity contribution is 0.372. The van der Waals surface area contributed by atoms with Gasteiger partial charge in [0, 0.05) is 19.2 Å². The fraction of sp³-hybridized carbons (Fsp3) is 0.250. The lowest BCUT2D eigenvalue weighted by Gasteiger charge is -2.03. The molecular weight excluding hydrogens is 374 g/mol. The summed E-state index contributed by atoms with van der Waals surface area (Å²) in [4.78, 5) is 41.9. The standard InChI is InChI=1S/C16H14ClN7O3/c17-15-20-11-13(21-15)22-16(26)24(14(11)25)8-4-2-6-10-19-12(23-27-10)9-5-1-3-7-18-9/h1,3,5,7H,2,4,6,8H2,(H,20,21)(H,22,26). The third-order valence-electron chi connectivity index (χ3n) is 3.99. The molecule has 0 amide bonds. The van der Waals surface area contributed by atoms with E-state index >= 15 is 0 Å². The van der Waals surface area contributed by atoms with E-state index in [4.69, 9.17) is 16.1 Å². The molecule has 4 rings (SSSR count). The molecule has 0 saturated carbocycles. The molecule has 0 aliphatic rings. The van der Waals surface area contributed by atoms with Gasteiger partial charge in [-0.3, -0.25) is 19.3 Å². The van der Waals surface area contributed by atoms with Gasteiger partial charge in [0.2, 0.25) is 17.0 Å². The lowest BCUT2D eigenvalue weighted by atomic mass is 10.2. The number of fused-ring (bicyclic) bond motifs is 1. The van der Waals surface area contributed by atoms with Crippen LogP contribution in [-0.4, -0.2) is 34.6 Å². The summed E-state index contributed by atoms with van der Waals surface area (Å²) in [5, 5.41) is 3.96. The van der Waals surface area contributed by atoms with Crippen LogP contribution in [0.15, 0.2) is 38.5 Å². The molecule has 0 saturated heterocycles. The summed E-state index contributed by atoms with van der Waals surface area (Å²) in [5.74, 6) is 0.910. The first-order valence-electron chi connectivity index (χ1n) is 8.24. The van der Waals surface area contributed by atoms with Crippen molar-refractivity contribution < 1.29 is 4.52 Å². The first kappa shape index (κ1) is 17.2. The molecule has 11 heteroatoms. The van der Waals surface area contributed by atoms with E-state index < -0.39 is 11.2 Å². The number of aromatic amines is 2. The number of H-pyrrole nitrogens is 2. The molecule has 0 radical (unpaired) electrons. The van der Waals surface area contributed by atoms with Gasteiger partial charge >= 0.3 is 5.69 Å². The number of rotatable bonds is 6. The number of hydrogen-bond donors (Lipinski definition) is 2. The van der Waals surface area contributed by atoms with E-state index in [2.05, 4.69) is 30.1 Å². The number of pyridine rings is 1. The summed E-state index contributed by atoms with van der Waals surface area (Å²) < 4.78 is 6.33. The van der Waals surface area contributed by atoms with Crippen molar-refractivity contribution in [3.8, 4) is 11.5 Å². The maximum absolute atomic E-state index is 12.4. The maximum Gasteiger partial charge on any atom is 0.330 e. The van der Waals surface area contributed by atoms with E-state index in [0.29, 0.717) is 36.7 Å². The van der Waals surface area contributed by atoms with Crippen LogP contribution in [0.25, 0.3) is 22.7 Å². The highest BCUT2D eigenvalue weighted by molar-refractivity contribution is 6.28. The Morgan fingerprint density at radius 2 is 2.04 bits per heavy atom. The van der Waals surface area contributed by atoms with Crippen molar-refractivity contribution in [2.45, 2.75) is 25.8 Å². The smallest absolute Gasteiger partial charge is 0.330 e. The van der Waals surface area contributed by atoms with Gasteiger partial charge in [-0.05, 0) is 36.6 Å². The maximum atomic E-state index is 12.4. The van der Waals surface area contributed by atoms with Crippen molar-refractivity contribution in [1.82, 2.24) is 34.6 Å². The number of nitrogens with one attached hydrogen (secondary N) is 2. The normalized spacial score (nSPS) is 11.3. The Morgan fingerprint density at radius 3 is 2.85 bits per heavy atom. The number of unbranched alkanes of at least 4 members (excludes halogenated alkanes) is 1. The van der Waals surface area contributed by atoms with Gasteiger partial charge < -0.3 is 9.51 Å². The summed E-state index contributed by atoms with van der Waals surface area (Å²) in [6.45, 7) is 0.252.